The Labute approximate surface area is 129 Å². The molecule has 0 fully saturated rings. The van der Waals surface area contributed by atoms with Crippen LogP contribution in [0.4, 0.5) is 5.69 Å². The fourth-order valence-corrected chi connectivity index (χ4v) is 3.17. The largest absolute Gasteiger partial charge is 0.462 e. The maximum Gasteiger partial charge on any atom is 0.342 e. The molecule has 0 spiro atoms. The van der Waals surface area contributed by atoms with E-state index in [-0.39, 0.29) is 17.2 Å². The number of sulfonamides is 1. The van der Waals surface area contributed by atoms with Crippen molar-refractivity contribution < 1.29 is 17.9 Å². The number of aromatic nitrogens is 2. The summed E-state index contributed by atoms with van der Waals surface area (Å²) in [4.78, 5) is 11.8. The Balaban J connectivity index is 2.43. The molecule has 0 aliphatic heterocycles. The highest BCUT2D eigenvalue weighted by molar-refractivity contribution is 7.92. The van der Waals surface area contributed by atoms with Gasteiger partial charge in [-0.2, -0.15) is 13.5 Å². The van der Waals surface area contributed by atoms with E-state index in [4.69, 9.17) is 4.74 Å². The van der Waals surface area contributed by atoms with Crippen LogP contribution < -0.4 is 4.31 Å². The van der Waals surface area contributed by atoms with Crippen molar-refractivity contribution >= 4 is 21.7 Å². The molecule has 0 saturated carbocycles. The minimum Gasteiger partial charge on any atom is -0.462 e. The lowest BCUT2D eigenvalue weighted by molar-refractivity contribution is 0.0522. The van der Waals surface area contributed by atoms with Gasteiger partial charge in [-0.1, -0.05) is 12.1 Å². The van der Waals surface area contributed by atoms with Crippen molar-refractivity contribution in [3.63, 3.8) is 0 Å². The summed E-state index contributed by atoms with van der Waals surface area (Å²) in [6, 6.07) is 7.03. The van der Waals surface area contributed by atoms with Crippen LogP contribution in [-0.4, -0.2) is 38.2 Å². The zero-order valence-corrected chi connectivity index (χ0v) is 13.3. The summed E-state index contributed by atoms with van der Waals surface area (Å²) >= 11 is 0. The van der Waals surface area contributed by atoms with Crippen LogP contribution in [0, 0.1) is 6.92 Å². The molecule has 7 nitrogen and oxygen atoms in total. The predicted octanol–water partition coefficient (Wildman–Crippen LogP) is 1.72. The van der Waals surface area contributed by atoms with Crippen LogP contribution in [0.25, 0.3) is 0 Å². The van der Waals surface area contributed by atoms with Crippen molar-refractivity contribution in [2.24, 2.45) is 0 Å². The number of esters is 1. The molecule has 0 bridgehead atoms. The first-order valence-electron chi connectivity index (χ1n) is 6.64. The molecule has 0 aliphatic rings. The molecule has 0 unspecified atom stereocenters. The van der Waals surface area contributed by atoms with E-state index in [2.05, 4.69) is 10.2 Å². The van der Waals surface area contributed by atoms with Gasteiger partial charge in [-0.3, -0.25) is 9.40 Å². The van der Waals surface area contributed by atoms with Crippen LogP contribution in [0.2, 0.25) is 0 Å². The summed E-state index contributed by atoms with van der Waals surface area (Å²) in [5.41, 5.74) is 1.31. The van der Waals surface area contributed by atoms with Crippen molar-refractivity contribution in [1.82, 2.24) is 10.2 Å². The molecule has 8 heteroatoms. The van der Waals surface area contributed by atoms with Gasteiger partial charge in [0.2, 0.25) is 0 Å². The number of rotatable bonds is 5. The fraction of sp³-hybridized carbons (Fsp3) is 0.286. The maximum absolute atomic E-state index is 12.7. The Bertz CT molecular complexity index is 783. The number of ether oxygens (including phenoxy) is 1. The summed E-state index contributed by atoms with van der Waals surface area (Å²) < 4.78 is 31.3. The number of hydrogen-bond donors (Lipinski definition) is 1. The maximum atomic E-state index is 12.7. The second kappa shape index (κ2) is 6.18. The van der Waals surface area contributed by atoms with Crippen LogP contribution in [0.15, 0.2) is 35.5 Å². The zero-order valence-electron chi connectivity index (χ0n) is 12.5. The molecule has 1 aromatic carbocycles. The standard InChI is InChI=1S/C14H17N3O4S/c1-4-21-14(18)12-9-15-16-13(12)22(19,20)17(3)11-7-5-6-10(2)8-11/h5-9H,4H2,1-3H3,(H,15,16). The van der Waals surface area contributed by atoms with Gasteiger partial charge < -0.3 is 4.74 Å². The number of aryl methyl sites for hydroxylation is 1. The number of carbonyl (C=O) groups excluding carboxylic acids is 1. The summed E-state index contributed by atoms with van der Waals surface area (Å²) in [7, 11) is -2.53. The number of carbonyl (C=O) groups is 1. The van der Waals surface area contributed by atoms with E-state index in [1.807, 2.05) is 13.0 Å². The van der Waals surface area contributed by atoms with E-state index in [1.165, 1.54) is 7.05 Å². The number of nitrogens with zero attached hydrogens (tertiary/aromatic N) is 2. The molecule has 2 aromatic rings. The number of hydrogen-bond acceptors (Lipinski definition) is 5. The number of nitrogens with one attached hydrogen (secondary N) is 1. The van der Waals surface area contributed by atoms with E-state index in [9.17, 15) is 13.2 Å². The summed E-state index contributed by atoms with van der Waals surface area (Å²) in [6.07, 6.45) is 1.15. The average molecular weight is 323 g/mol. The van der Waals surface area contributed by atoms with Gasteiger partial charge in [0, 0.05) is 7.05 Å². The summed E-state index contributed by atoms with van der Waals surface area (Å²) in [6.45, 7) is 3.66. The molecule has 1 heterocycles. The van der Waals surface area contributed by atoms with Gasteiger partial charge in [-0.15, -0.1) is 0 Å². The first kappa shape index (κ1) is 16.0. The van der Waals surface area contributed by atoms with Gasteiger partial charge in [-0.05, 0) is 31.5 Å². The first-order valence-corrected chi connectivity index (χ1v) is 8.08. The monoisotopic (exact) mass is 323 g/mol. The smallest absolute Gasteiger partial charge is 0.342 e. The Morgan fingerprint density at radius 2 is 2.14 bits per heavy atom. The molecule has 0 radical (unpaired) electrons. The molecule has 2 rings (SSSR count). The van der Waals surface area contributed by atoms with Crippen LogP contribution in [0.5, 0.6) is 0 Å². The Kier molecular flexibility index (Phi) is 4.51. The highest BCUT2D eigenvalue weighted by Crippen LogP contribution is 2.24. The highest BCUT2D eigenvalue weighted by atomic mass is 32.2. The number of aromatic amines is 1. The number of anilines is 1. The molecule has 0 aliphatic carbocycles. The van der Waals surface area contributed by atoms with Crippen molar-refractivity contribution in [2.45, 2.75) is 18.9 Å². The molecule has 0 saturated heterocycles. The van der Waals surface area contributed by atoms with Gasteiger partial charge in [0.05, 0.1) is 18.5 Å². The van der Waals surface area contributed by atoms with E-state index in [0.29, 0.717) is 5.69 Å². The van der Waals surface area contributed by atoms with Gasteiger partial charge in [-0.25, -0.2) is 4.79 Å². The number of benzene rings is 1. The van der Waals surface area contributed by atoms with Crippen molar-refractivity contribution in [3.8, 4) is 0 Å². The van der Waals surface area contributed by atoms with E-state index in [1.54, 1.807) is 25.1 Å². The lowest BCUT2D eigenvalue weighted by Crippen LogP contribution is -2.28. The second-order valence-electron chi connectivity index (χ2n) is 4.64. The molecule has 0 atom stereocenters. The highest BCUT2D eigenvalue weighted by Gasteiger charge is 2.29. The minimum atomic E-state index is -3.95. The third kappa shape index (κ3) is 2.96. The topological polar surface area (TPSA) is 92.4 Å². The van der Waals surface area contributed by atoms with E-state index < -0.39 is 16.0 Å². The van der Waals surface area contributed by atoms with Crippen molar-refractivity contribution in [1.29, 1.82) is 0 Å². The molecule has 118 valence electrons. The van der Waals surface area contributed by atoms with Crippen LogP contribution >= 0.6 is 0 Å². The van der Waals surface area contributed by atoms with Gasteiger partial charge in [0.1, 0.15) is 5.56 Å². The van der Waals surface area contributed by atoms with Gasteiger partial charge in [0.25, 0.3) is 10.0 Å². The van der Waals surface area contributed by atoms with E-state index >= 15 is 0 Å². The van der Waals surface area contributed by atoms with Crippen molar-refractivity contribution in [3.05, 3.63) is 41.6 Å². The summed E-state index contributed by atoms with van der Waals surface area (Å²) in [5.74, 6) is -0.729. The molecular formula is C14H17N3O4S. The van der Waals surface area contributed by atoms with Gasteiger partial charge >= 0.3 is 5.97 Å². The Morgan fingerprint density at radius 3 is 2.77 bits per heavy atom. The molecule has 22 heavy (non-hydrogen) atoms. The van der Waals surface area contributed by atoms with Crippen molar-refractivity contribution in [2.75, 3.05) is 18.0 Å². The van der Waals surface area contributed by atoms with Crippen LogP contribution in [-0.2, 0) is 14.8 Å². The van der Waals surface area contributed by atoms with Crippen LogP contribution in [0.1, 0.15) is 22.8 Å². The Morgan fingerprint density at radius 1 is 1.41 bits per heavy atom. The normalized spacial score (nSPS) is 11.2. The third-order valence-electron chi connectivity index (χ3n) is 3.08. The molecular weight excluding hydrogens is 306 g/mol. The lowest BCUT2D eigenvalue weighted by atomic mass is 10.2. The second-order valence-corrected chi connectivity index (χ2v) is 6.55. The third-order valence-corrected chi connectivity index (χ3v) is 4.84. The first-order chi connectivity index (χ1) is 10.4. The lowest BCUT2D eigenvalue weighted by Gasteiger charge is -2.19. The minimum absolute atomic E-state index is 0.110. The molecule has 1 aromatic heterocycles. The van der Waals surface area contributed by atoms with Crippen LogP contribution in [0.3, 0.4) is 0 Å². The number of H-pyrrole nitrogens is 1. The zero-order chi connectivity index (χ0) is 16.3. The summed E-state index contributed by atoms with van der Waals surface area (Å²) in [5, 5.41) is 5.74. The molecule has 1 N–H and O–H groups in total. The Hall–Kier alpha value is -2.35. The quantitative estimate of drug-likeness (QED) is 0.846. The predicted molar refractivity (Wildman–Crippen MR) is 81.3 cm³/mol. The van der Waals surface area contributed by atoms with Gasteiger partial charge in [0.15, 0.2) is 5.03 Å². The average Bonchev–Trinajstić information content (AvgIpc) is 2.97. The van der Waals surface area contributed by atoms with E-state index in [0.717, 1.165) is 16.1 Å². The SMILES string of the molecule is CCOC(=O)c1cn[nH]c1S(=O)(=O)N(C)c1cccc(C)c1. The fourth-order valence-electron chi connectivity index (χ4n) is 1.92. The molecule has 0 amide bonds.